The molecule has 0 saturated heterocycles. The summed E-state index contributed by atoms with van der Waals surface area (Å²) in [6.45, 7) is 1.90. The van der Waals surface area contributed by atoms with Crippen LogP contribution in [-0.2, 0) is 6.42 Å². The van der Waals surface area contributed by atoms with E-state index in [0.29, 0.717) is 12.1 Å². The van der Waals surface area contributed by atoms with Gasteiger partial charge >= 0.3 is 11.4 Å². The van der Waals surface area contributed by atoms with Crippen LogP contribution in [0.2, 0.25) is 0 Å². The number of hydrogen-bond donors (Lipinski definition) is 1. The lowest BCUT2D eigenvalue weighted by Gasteiger charge is -2.11. The van der Waals surface area contributed by atoms with Crippen LogP contribution in [0.4, 0.5) is 22.7 Å². The molecule has 0 fully saturated rings. The molecule has 116 valence electrons. The molecule has 23 heavy (non-hydrogen) atoms. The Bertz CT molecular complexity index is 791. The van der Waals surface area contributed by atoms with E-state index in [-0.39, 0.29) is 11.3 Å². The van der Waals surface area contributed by atoms with Gasteiger partial charge in [0.2, 0.25) is 0 Å². The van der Waals surface area contributed by atoms with Crippen LogP contribution in [0.25, 0.3) is 0 Å². The van der Waals surface area contributed by atoms with Crippen LogP contribution in [0, 0.1) is 31.6 Å². The van der Waals surface area contributed by atoms with E-state index in [2.05, 4.69) is 5.32 Å². The van der Waals surface area contributed by atoms with Crippen LogP contribution < -0.4 is 5.32 Å². The normalized spacial score (nSPS) is 9.91. The van der Waals surface area contributed by atoms with E-state index in [1.807, 2.05) is 19.1 Å². The van der Waals surface area contributed by atoms with Crippen molar-refractivity contribution in [3.63, 3.8) is 0 Å². The second-order valence-corrected chi connectivity index (χ2v) is 4.65. The highest BCUT2D eigenvalue weighted by molar-refractivity contribution is 5.81. The number of nitro groups is 2. The summed E-state index contributed by atoms with van der Waals surface area (Å²) in [5, 5.41) is 34.2. The number of nitrogens with zero attached hydrogens (tertiary/aromatic N) is 3. The molecule has 0 aliphatic carbocycles. The number of benzene rings is 2. The number of nitriles is 1. The molecule has 0 atom stereocenters. The fourth-order valence-electron chi connectivity index (χ4n) is 2.18. The first-order chi connectivity index (χ1) is 11.0. The van der Waals surface area contributed by atoms with Crippen molar-refractivity contribution in [3.05, 3.63) is 67.8 Å². The third kappa shape index (κ3) is 3.24. The topological polar surface area (TPSA) is 122 Å². The fourth-order valence-corrected chi connectivity index (χ4v) is 2.18. The first-order valence-electron chi connectivity index (χ1n) is 6.69. The summed E-state index contributed by atoms with van der Waals surface area (Å²) in [4.78, 5) is 21.0. The standard InChI is InChI=1S/C15H12N4O4/c1-2-11-5-3-4-6-12(11)17-15-13(18(20)21)7-10(9-16)8-14(15)19(22)23/h3-8,17H,2H2,1H3. The number of rotatable bonds is 5. The lowest BCUT2D eigenvalue weighted by Crippen LogP contribution is -2.04. The molecule has 2 aromatic rings. The van der Waals surface area contributed by atoms with Crippen LogP contribution in [0.1, 0.15) is 18.1 Å². The molecular weight excluding hydrogens is 300 g/mol. The Labute approximate surface area is 131 Å². The van der Waals surface area contributed by atoms with E-state index < -0.39 is 21.2 Å². The highest BCUT2D eigenvalue weighted by Gasteiger charge is 2.27. The summed E-state index contributed by atoms with van der Waals surface area (Å²) in [6, 6.07) is 10.8. The first-order valence-corrected chi connectivity index (χ1v) is 6.69. The van der Waals surface area contributed by atoms with E-state index in [1.54, 1.807) is 18.2 Å². The zero-order chi connectivity index (χ0) is 17.0. The number of nitrogens with one attached hydrogen (secondary N) is 1. The van der Waals surface area contributed by atoms with Gasteiger partial charge in [-0.25, -0.2) is 0 Å². The van der Waals surface area contributed by atoms with Gasteiger partial charge in [-0.1, -0.05) is 25.1 Å². The molecule has 8 nitrogen and oxygen atoms in total. The number of anilines is 2. The predicted molar refractivity (Wildman–Crippen MR) is 83.6 cm³/mol. The van der Waals surface area contributed by atoms with Crippen LogP contribution in [-0.4, -0.2) is 9.85 Å². The summed E-state index contributed by atoms with van der Waals surface area (Å²) < 4.78 is 0. The third-order valence-electron chi connectivity index (χ3n) is 3.28. The van der Waals surface area contributed by atoms with Crippen molar-refractivity contribution in [2.75, 3.05) is 5.32 Å². The van der Waals surface area contributed by atoms with Crippen molar-refractivity contribution >= 4 is 22.7 Å². The van der Waals surface area contributed by atoms with E-state index in [1.165, 1.54) is 0 Å². The molecule has 0 spiro atoms. The van der Waals surface area contributed by atoms with Gasteiger partial charge in [0, 0.05) is 17.8 Å². The zero-order valence-corrected chi connectivity index (χ0v) is 12.1. The van der Waals surface area contributed by atoms with Gasteiger partial charge in [0.05, 0.1) is 21.5 Å². The van der Waals surface area contributed by atoms with E-state index in [9.17, 15) is 20.2 Å². The van der Waals surface area contributed by atoms with Gasteiger partial charge in [0.25, 0.3) is 0 Å². The smallest absolute Gasteiger partial charge is 0.301 e. The fraction of sp³-hybridized carbons (Fsp3) is 0.133. The largest absolute Gasteiger partial charge is 0.344 e. The van der Waals surface area contributed by atoms with Gasteiger partial charge in [-0.15, -0.1) is 0 Å². The molecule has 2 rings (SSSR count). The van der Waals surface area contributed by atoms with Crippen LogP contribution in [0.3, 0.4) is 0 Å². The van der Waals surface area contributed by atoms with Crippen molar-refractivity contribution in [1.29, 1.82) is 5.26 Å². The summed E-state index contributed by atoms with van der Waals surface area (Å²) in [6.07, 6.45) is 0.654. The van der Waals surface area contributed by atoms with Crippen molar-refractivity contribution in [1.82, 2.24) is 0 Å². The van der Waals surface area contributed by atoms with Crippen molar-refractivity contribution in [2.24, 2.45) is 0 Å². The molecule has 8 heteroatoms. The molecule has 1 N–H and O–H groups in total. The highest BCUT2D eigenvalue weighted by atomic mass is 16.6. The van der Waals surface area contributed by atoms with Gasteiger partial charge in [0.15, 0.2) is 5.69 Å². The van der Waals surface area contributed by atoms with Gasteiger partial charge in [0.1, 0.15) is 0 Å². The Hall–Kier alpha value is -3.47. The van der Waals surface area contributed by atoms with Crippen LogP contribution in [0.5, 0.6) is 0 Å². The molecule has 0 radical (unpaired) electrons. The van der Waals surface area contributed by atoms with Crippen molar-refractivity contribution < 1.29 is 9.85 Å². The molecule has 0 bridgehead atoms. The Morgan fingerprint density at radius 3 is 2.17 bits per heavy atom. The number of nitro benzene ring substituents is 2. The van der Waals surface area contributed by atoms with E-state index >= 15 is 0 Å². The number of aryl methyl sites for hydroxylation is 1. The van der Waals surface area contributed by atoms with Crippen molar-refractivity contribution in [3.8, 4) is 6.07 Å². The van der Waals surface area contributed by atoms with Gasteiger partial charge in [-0.05, 0) is 18.1 Å². The molecular formula is C15H12N4O4. The van der Waals surface area contributed by atoms with Gasteiger partial charge in [-0.3, -0.25) is 20.2 Å². The Morgan fingerprint density at radius 1 is 1.13 bits per heavy atom. The maximum atomic E-state index is 11.2. The maximum Gasteiger partial charge on any atom is 0.301 e. The molecule has 2 aromatic carbocycles. The third-order valence-corrected chi connectivity index (χ3v) is 3.28. The molecule has 0 heterocycles. The van der Waals surface area contributed by atoms with E-state index in [0.717, 1.165) is 17.7 Å². The minimum Gasteiger partial charge on any atom is -0.344 e. The summed E-state index contributed by atoms with van der Waals surface area (Å²) in [5.41, 5.74) is 0.00676. The SMILES string of the molecule is CCc1ccccc1Nc1c([N+](=O)[O-])cc(C#N)cc1[N+](=O)[O-]. The predicted octanol–water partition coefficient (Wildman–Crippen LogP) is 3.68. The molecule has 0 aliphatic heterocycles. The van der Waals surface area contributed by atoms with Crippen molar-refractivity contribution in [2.45, 2.75) is 13.3 Å². The minimum absolute atomic E-state index is 0.141. The molecule has 0 aromatic heterocycles. The highest BCUT2D eigenvalue weighted by Crippen LogP contribution is 2.38. The number of para-hydroxylation sites is 1. The second-order valence-electron chi connectivity index (χ2n) is 4.65. The monoisotopic (exact) mass is 312 g/mol. The first kappa shape index (κ1) is 15.9. The minimum atomic E-state index is -0.745. The average Bonchev–Trinajstić information content (AvgIpc) is 2.54. The Morgan fingerprint density at radius 2 is 1.70 bits per heavy atom. The molecule has 0 aliphatic rings. The van der Waals surface area contributed by atoms with Gasteiger partial charge in [-0.2, -0.15) is 5.26 Å². The zero-order valence-electron chi connectivity index (χ0n) is 12.1. The summed E-state index contributed by atoms with van der Waals surface area (Å²) in [5.74, 6) is 0. The summed E-state index contributed by atoms with van der Waals surface area (Å²) in [7, 11) is 0. The van der Waals surface area contributed by atoms with Crippen LogP contribution >= 0.6 is 0 Å². The molecule has 0 unspecified atom stereocenters. The lowest BCUT2D eigenvalue weighted by molar-refractivity contribution is -0.392. The quantitative estimate of drug-likeness (QED) is 0.663. The maximum absolute atomic E-state index is 11.2. The Balaban J connectivity index is 2.67. The van der Waals surface area contributed by atoms with Gasteiger partial charge < -0.3 is 5.32 Å². The second kappa shape index (κ2) is 6.53. The lowest BCUT2D eigenvalue weighted by atomic mass is 10.1. The molecule has 0 saturated carbocycles. The Kier molecular flexibility index (Phi) is 4.52. The van der Waals surface area contributed by atoms with E-state index in [4.69, 9.17) is 5.26 Å². The average molecular weight is 312 g/mol. The molecule has 0 amide bonds. The number of hydrogen-bond acceptors (Lipinski definition) is 6. The summed E-state index contributed by atoms with van der Waals surface area (Å²) >= 11 is 0. The van der Waals surface area contributed by atoms with Crippen LogP contribution in [0.15, 0.2) is 36.4 Å².